The fraction of sp³-hybridized carbons (Fsp3) is 0.438. The van der Waals surface area contributed by atoms with Crippen LogP contribution in [-0.4, -0.2) is 21.1 Å². The van der Waals surface area contributed by atoms with Crippen LogP contribution in [0, 0.1) is 0 Å². The topological polar surface area (TPSA) is 70.7 Å². The lowest BCUT2D eigenvalue weighted by atomic mass is 9.84. The van der Waals surface area contributed by atoms with Gasteiger partial charge in [0.05, 0.1) is 0 Å². The van der Waals surface area contributed by atoms with Crippen LogP contribution >= 0.6 is 0 Å². The first-order valence-electron chi connectivity index (χ1n) is 7.84. The molecule has 0 bridgehead atoms. The Morgan fingerprint density at radius 3 is 2.38 bits per heavy atom. The second kappa shape index (κ2) is 6.62. The highest BCUT2D eigenvalue weighted by molar-refractivity contribution is 6.03. The van der Waals surface area contributed by atoms with Crippen LogP contribution in [0.1, 0.15) is 59.8 Å². The van der Waals surface area contributed by atoms with Crippen LogP contribution < -0.4 is 5.32 Å². The highest BCUT2D eigenvalue weighted by atomic mass is 19.4. The van der Waals surface area contributed by atoms with Crippen LogP contribution in [0.4, 0.5) is 19.1 Å². The van der Waals surface area contributed by atoms with E-state index < -0.39 is 23.9 Å². The van der Waals surface area contributed by atoms with Crippen molar-refractivity contribution in [2.24, 2.45) is 0 Å². The summed E-state index contributed by atoms with van der Waals surface area (Å²) in [7, 11) is 0. The molecule has 1 amide bonds. The van der Waals surface area contributed by atoms with Crippen LogP contribution in [0.5, 0.6) is 0 Å². The minimum Gasteiger partial charge on any atom is -0.289 e. The molecule has 3 rings (SSSR count). The average molecular weight is 338 g/mol. The smallest absolute Gasteiger partial charge is 0.289 e. The van der Waals surface area contributed by atoms with Gasteiger partial charge in [-0.3, -0.25) is 15.2 Å². The molecule has 0 aliphatic heterocycles. The molecule has 1 heterocycles. The fourth-order valence-electron chi connectivity index (χ4n) is 2.96. The van der Waals surface area contributed by atoms with Gasteiger partial charge in [-0.15, -0.1) is 5.10 Å². The Kier molecular flexibility index (Phi) is 4.55. The van der Waals surface area contributed by atoms with Gasteiger partial charge < -0.3 is 0 Å². The van der Waals surface area contributed by atoms with Crippen molar-refractivity contribution in [3.63, 3.8) is 0 Å². The summed E-state index contributed by atoms with van der Waals surface area (Å²) < 4.78 is 37.3. The van der Waals surface area contributed by atoms with Crippen LogP contribution in [-0.2, 0) is 6.18 Å². The van der Waals surface area contributed by atoms with Crippen molar-refractivity contribution in [3.8, 4) is 0 Å². The molecule has 0 spiro atoms. The molecule has 1 aromatic carbocycles. The molecule has 1 saturated carbocycles. The van der Waals surface area contributed by atoms with E-state index in [-0.39, 0.29) is 0 Å². The molecule has 0 atom stereocenters. The molecule has 1 aromatic heterocycles. The van der Waals surface area contributed by atoms with Crippen molar-refractivity contribution < 1.29 is 18.0 Å². The van der Waals surface area contributed by atoms with Gasteiger partial charge in [0.15, 0.2) is 0 Å². The van der Waals surface area contributed by atoms with Gasteiger partial charge in [0.25, 0.3) is 5.91 Å². The summed E-state index contributed by atoms with van der Waals surface area (Å²) in [5.74, 6) is -1.66. The molecule has 24 heavy (non-hydrogen) atoms. The number of nitrogens with zero attached hydrogens (tertiary/aromatic N) is 2. The van der Waals surface area contributed by atoms with Gasteiger partial charge in [-0.2, -0.15) is 18.2 Å². The molecular weight excluding hydrogens is 321 g/mol. The first kappa shape index (κ1) is 16.5. The Morgan fingerprint density at radius 2 is 1.79 bits per heavy atom. The Labute approximate surface area is 136 Å². The Hall–Kier alpha value is -2.38. The maximum atomic E-state index is 12.4. The highest BCUT2D eigenvalue weighted by Gasteiger charge is 2.35. The number of amides is 1. The Bertz CT molecular complexity index is 703. The van der Waals surface area contributed by atoms with Gasteiger partial charge in [-0.05, 0) is 36.5 Å². The molecule has 0 saturated heterocycles. The van der Waals surface area contributed by atoms with Crippen molar-refractivity contribution in [2.45, 2.75) is 44.2 Å². The minimum absolute atomic E-state index is 0.355. The van der Waals surface area contributed by atoms with E-state index in [1.54, 1.807) is 17.2 Å². The van der Waals surface area contributed by atoms with Crippen LogP contribution in [0.3, 0.4) is 0 Å². The zero-order valence-electron chi connectivity index (χ0n) is 12.9. The minimum atomic E-state index is -4.63. The molecule has 128 valence electrons. The quantitative estimate of drug-likeness (QED) is 0.884. The summed E-state index contributed by atoms with van der Waals surface area (Å²) in [5, 5.41) is 7.36. The van der Waals surface area contributed by atoms with E-state index in [0.29, 0.717) is 11.5 Å². The van der Waals surface area contributed by atoms with Gasteiger partial charge in [-0.1, -0.05) is 31.4 Å². The summed E-state index contributed by atoms with van der Waals surface area (Å²) in [6, 6.07) is 7.17. The second-order valence-electron chi connectivity index (χ2n) is 5.92. The highest BCUT2D eigenvalue weighted by Crippen LogP contribution is 2.32. The van der Waals surface area contributed by atoms with E-state index >= 15 is 0 Å². The van der Waals surface area contributed by atoms with Crippen LogP contribution in [0.25, 0.3) is 0 Å². The fourth-order valence-corrected chi connectivity index (χ4v) is 2.96. The van der Waals surface area contributed by atoms with Crippen molar-refractivity contribution in [1.82, 2.24) is 15.2 Å². The number of H-pyrrole nitrogens is 1. The number of nitrogens with one attached hydrogen (secondary N) is 2. The van der Waals surface area contributed by atoms with Crippen molar-refractivity contribution in [3.05, 3.63) is 41.2 Å². The lowest BCUT2D eigenvalue weighted by molar-refractivity contribution is -0.144. The van der Waals surface area contributed by atoms with Gasteiger partial charge >= 0.3 is 6.18 Å². The maximum absolute atomic E-state index is 12.4. The monoisotopic (exact) mass is 338 g/mol. The summed E-state index contributed by atoms with van der Waals surface area (Å²) in [4.78, 5) is 15.3. The largest absolute Gasteiger partial charge is 0.451 e. The third-order valence-corrected chi connectivity index (χ3v) is 4.23. The molecule has 8 heteroatoms. The van der Waals surface area contributed by atoms with Crippen molar-refractivity contribution >= 4 is 11.9 Å². The Balaban J connectivity index is 1.65. The van der Waals surface area contributed by atoms with Gasteiger partial charge in [0.1, 0.15) is 0 Å². The van der Waals surface area contributed by atoms with Crippen LogP contribution in [0.2, 0.25) is 0 Å². The zero-order valence-corrected chi connectivity index (χ0v) is 12.9. The summed E-state index contributed by atoms with van der Waals surface area (Å²) in [6.45, 7) is 0. The molecule has 1 aliphatic carbocycles. The molecule has 2 aromatic rings. The van der Waals surface area contributed by atoms with Crippen molar-refractivity contribution in [1.29, 1.82) is 0 Å². The molecule has 2 N–H and O–H groups in total. The van der Waals surface area contributed by atoms with E-state index in [2.05, 4.69) is 15.4 Å². The predicted molar refractivity (Wildman–Crippen MR) is 81.6 cm³/mol. The van der Waals surface area contributed by atoms with Crippen LogP contribution in [0.15, 0.2) is 24.3 Å². The number of halogens is 3. The first-order chi connectivity index (χ1) is 11.4. The van der Waals surface area contributed by atoms with Crippen molar-refractivity contribution in [2.75, 3.05) is 5.32 Å². The molecule has 0 radical (unpaired) electrons. The number of hydrogen-bond donors (Lipinski definition) is 2. The summed E-state index contributed by atoms with van der Waals surface area (Å²) in [5.41, 5.74) is 1.55. The average Bonchev–Trinajstić information content (AvgIpc) is 3.05. The second-order valence-corrected chi connectivity index (χ2v) is 5.92. The summed E-state index contributed by atoms with van der Waals surface area (Å²) >= 11 is 0. The SMILES string of the molecule is O=C(Nc1n[nH]c(C(F)(F)F)n1)c1ccc(C2CCCCC2)cc1. The summed E-state index contributed by atoms with van der Waals surface area (Å²) in [6.07, 6.45) is 1.40. The van der Waals surface area contributed by atoms with E-state index in [9.17, 15) is 18.0 Å². The predicted octanol–water partition coefficient (Wildman–Crippen LogP) is 4.12. The standard InChI is InChI=1S/C16H17F3N4O/c17-16(18,19)14-21-15(23-22-14)20-13(24)12-8-6-11(7-9-12)10-4-2-1-3-5-10/h6-10H,1-5H2,(H2,20,21,22,23,24). The lowest BCUT2D eigenvalue weighted by Crippen LogP contribution is -2.14. The molecule has 1 aliphatic rings. The zero-order chi connectivity index (χ0) is 17.2. The third kappa shape index (κ3) is 3.74. The van der Waals surface area contributed by atoms with E-state index in [1.165, 1.54) is 24.8 Å². The van der Waals surface area contributed by atoms with E-state index in [0.717, 1.165) is 12.8 Å². The Morgan fingerprint density at radius 1 is 1.12 bits per heavy atom. The number of alkyl halides is 3. The first-order valence-corrected chi connectivity index (χ1v) is 7.84. The third-order valence-electron chi connectivity index (χ3n) is 4.23. The van der Waals surface area contributed by atoms with E-state index in [4.69, 9.17) is 0 Å². The van der Waals surface area contributed by atoms with Gasteiger partial charge in [0, 0.05) is 5.56 Å². The number of hydrogen-bond acceptors (Lipinski definition) is 3. The maximum Gasteiger partial charge on any atom is 0.451 e. The van der Waals surface area contributed by atoms with E-state index in [1.807, 2.05) is 12.1 Å². The lowest BCUT2D eigenvalue weighted by Gasteiger charge is -2.22. The molecular formula is C16H17F3N4O. The number of aromatic amines is 1. The normalized spacial score (nSPS) is 16.1. The molecule has 1 fully saturated rings. The number of benzene rings is 1. The number of anilines is 1. The number of carbonyl (C=O) groups is 1. The van der Waals surface area contributed by atoms with Gasteiger partial charge in [0.2, 0.25) is 11.8 Å². The molecule has 0 unspecified atom stereocenters. The number of rotatable bonds is 3. The number of carbonyl (C=O) groups excluding carboxylic acids is 1. The van der Waals surface area contributed by atoms with Gasteiger partial charge in [-0.25, -0.2) is 0 Å². The number of aromatic nitrogens is 3. The molecule has 5 nitrogen and oxygen atoms in total.